The summed E-state index contributed by atoms with van der Waals surface area (Å²) in [5, 5.41) is 0. The molecule has 0 saturated heterocycles. The Labute approximate surface area is 122 Å². The Kier molecular flexibility index (Phi) is 3.51. The molecule has 21 heavy (non-hydrogen) atoms. The summed E-state index contributed by atoms with van der Waals surface area (Å²) < 4.78 is 5.79. The lowest BCUT2D eigenvalue weighted by Gasteiger charge is -2.02. The molecule has 0 unspecified atom stereocenters. The molecular weight excluding hydrogens is 264 g/mol. The van der Waals surface area contributed by atoms with E-state index < -0.39 is 0 Å². The van der Waals surface area contributed by atoms with Crippen molar-refractivity contribution in [2.24, 2.45) is 0 Å². The molecule has 0 radical (unpaired) electrons. The molecule has 4 heteroatoms. The first kappa shape index (κ1) is 13.1. The number of hydrogen-bond acceptors (Lipinski definition) is 3. The molecule has 2 aromatic carbocycles. The van der Waals surface area contributed by atoms with Gasteiger partial charge in [0.05, 0.1) is 0 Å². The van der Waals surface area contributed by atoms with Gasteiger partial charge in [-0.3, -0.25) is 9.69 Å². The maximum atomic E-state index is 10.9. The summed E-state index contributed by atoms with van der Waals surface area (Å²) in [7, 11) is 1.61. The van der Waals surface area contributed by atoms with Gasteiger partial charge in [-0.05, 0) is 0 Å². The van der Waals surface area contributed by atoms with Crippen molar-refractivity contribution in [3.05, 3.63) is 60.7 Å². The van der Waals surface area contributed by atoms with E-state index in [1.165, 1.54) is 4.90 Å². The van der Waals surface area contributed by atoms with E-state index in [1.54, 1.807) is 7.05 Å². The van der Waals surface area contributed by atoms with Gasteiger partial charge < -0.3 is 4.42 Å². The van der Waals surface area contributed by atoms with Crippen molar-refractivity contribution >= 4 is 12.4 Å². The Morgan fingerprint density at radius 3 is 2.10 bits per heavy atom. The Balaban J connectivity index is 2.17. The Hall–Kier alpha value is -2.88. The van der Waals surface area contributed by atoms with Crippen LogP contribution in [0.5, 0.6) is 0 Å². The summed E-state index contributed by atoms with van der Waals surface area (Å²) in [6.45, 7) is 0. The summed E-state index contributed by atoms with van der Waals surface area (Å²) in [4.78, 5) is 16.7. The minimum Gasteiger partial charge on any atom is -0.422 e. The Bertz CT molecular complexity index is 679. The molecule has 104 valence electrons. The van der Waals surface area contributed by atoms with Crippen LogP contribution in [0.25, 0.3) is 22.6 Å². The highest BCUT2D eigenvalue weighted by Gasteiger charge is 2.18. The van der Waals surface area contributed by atoms with Gasteiger partial charge in [-0.1, -0.05) is 60.7 Å². The lowest BCUT2D eigenvalue weighted by molar-refractivity contribution is -0.107. The van der Waals surface area contributed by atoms with E-state index in [1.807, 2.05) is 60.7 Å². The third kappa shape index (κ3) is 2.56. The molecule has 4 nitrogen and oxygen atoms in total. The molecule has 0 atom stereocenters. The van der Waals surface area contributed by atoms with Crippen LogP contribution >= 0.6 is 0 Å². The minimum absolute atomic E-state index is 0.280. The van der Waals surface area contributed by atoms with Gasteiger partial charge in [0.2, 0.25) is 6.41 Å². The van der Waals surface area contributed by atoms with Crippen LogP contribution in [0.1, 0.15) is 0 Å². The van der Waals surface area contributed by atoms with Gasteiger partial charge in [0, 0.05) is 18.2 Å². The molecule has 0 spiro atoms. The predicted octanol–water partition coefficient (Wildman–Crippen LogP) is 3.60. The smallest absolute Gasteiger partial charge is 0.304 e. The highest BCUT2D eigenvalue weighted by Crippen LogP contribution is 2.34. The second-order valence-electron chi connectivity index (χ2n) is 4.62. The molecule has 3 rings (SSSR count). The lowest BCUT2D eigenvalue weighted by atomic mass is 10.1. The van der Waals surface area contributed by atoms with Crippen LogP contribution in [0.4, 0.5) is 6.01 Å². The quantitative estimate of drug-likeness (QED) is 0.685. The van der Waals surface area contributed by atoms with Gasteiger partial charge >= 0.3 is 6.01 Å². The fourth-order valence-electron chi connectivity index (χ4n) is 2.08. The number of oxazole rings is 1. The second kappa shape index (κ2) is 5.63. The fourth-order valence-corrected chi connectivity index (χ4v) is 2.08. The normalized spacial score (nSPS) is 10.3. The Morgan fingerprint density at radius 1 is 0.952 bits per heavy atom. The second-order valence-corrected chi connectivity index (χ2v) is 4.62. The van der Waals surface area contributed by atoms with Crippen LogP contribution in [-0.2, 0) is 4.79 Å². The van der Waals surface area contributed by atoms with E-state index in [2.05, 4.69) is 4.98 Å². The van der Waals surface area contributed by atoms with Crippen LogP contribution in [0.2, 0.25) is 0 Å². The zero-order valence-corrected chi connectivity index (χ0v) is 11.6. The number of carbonyl (C=O) groups excluding carboxylic acids is 1. The Morgan fingerprint density at radius 2 is 1.52 bits per heavy atom. The number of amides is 1. The van der Waals surface area contributed by atoms with Gasteiger partial charge in [0.15, 0.2) is 5.76 Å². The summed E-state index contributed by atoms with van der Waals surface area (Å²) >= 11 is 0. The third-order valence-corrected chi connectivity index (χ3v) is 3.16. The minimum atomic E-state index is 0.280. The van der Waals surface area contributed by atoms with Gasteiger partial charge in [-0.2, -0.15) is 4.98 Å². The van der Waals surface area contributed by atoms with Crippen LogP contribution in [-0.4, -0.2) is 18.4 Å². The highest BCUT2D eigenvalue weighted by molar-refractivity contribution is 5.80. The molecule has 0 aliphatic carbocycles. The monoisotopic (exact) mass is 278 g/mol. The lowest BCUT2D eigenvalue weighted by Crippen LogP contribution is -2.13. The van der Waals surface area contributed by atoms with E-state index in [9.17, 15) is 4.79 Å². The van der Waals surface area contributed by atoms with Crippen molar-refractivity contribution in [3.8, 4) is 22.6 Å². The molecule has 1 aromatic heterocycles. The largest absolute Gasteiger partial charge is 0.422 e. The average Bonchev–Trinajstić information content (AvgIpc) is 3.01. The molecular formula is C17H14N2O2. The van der Waals surface area contributed by atoms with Crippen LogP contribution in [0.15, 0.2) is 65.1 Å². The zero-order chi connectivity index (χ0) is 14.7. The van der Waals surface area contributed by atoms with Crippen molar-refractivity contribution < 1.29 is 9.21 Å². The molecule has 0 aliphatic heterocycles. The van der Waals surface area contributed by atoms with Gasteiger partial charge in [0.1, 0.15) is 5.69 Å². The van der Waals surface area contributed by atoms with E-state index in [-0.39, 0.29) is 6.01 Å². The van der Waals surface area contributed by atoms with E-state index in [0.717, 1.165) is 16.8 Å². The first-order chi connectivity index (χ1) is 10.3. The van der Waals surface area contributed by atoms with Crippen molar-refractivity contribution in [3.63, 3.8) is 0 Å². The molecule has 0 saturated carbocycles. The number of anilines is 1. The number of hydrogen-bond donors (Lipinski definition) is 0. The number of nitrogens with zero attached hydrogens (tertiary/aromatic N) is 2. The summed E-state index contributed by atoms with van der Waals surface area (Å²) in [6.07, 6.45) is 0.676. The first-order valence-corrected chi connectivity index (χ1v) is 6.59. The molecule has 3 aromatic rings. The first-order valence-electron chi connectivity index (χ1n) is 6.59. The van der Waals surface area contributed by atoms with Gasteiger partial charge in [0.25, 0.3) is 0 Å². The summed E-state index contributed by atoms with van der Waals surface area (Å²) in [5.41, 5.74) is 2.60. The fraction of sp³-hybridized carbons (Fsp3) is 0.0588. The molecule has 1 amide bonds. The van der Waals surface area contributed by atoms with Crippen LogP contribution < -0.4 is 4.90 Å². The summed E-state index contributed by atoms with van der Waals surface area (Å²) in [6, 6.07) is 19.8. The highest BCUT2D eigenvalue weighted by atomic mass is 16.4. The third-order valence-electron chi connectivity index (χ3n) is 3.16. The standard InChI is InChI=1S/C17H14N2O2/c1-19(12-20)17-18-15(13-8-4-2-5-9-13)16(21-17)14-10-6-3-7-11-14/h2-12H,1H3. The number of rotatable bonds is 4. The summed E-state index contributed by atoms with van der Waals surface area (Å²) in [5.74, 6) is 0.658. The van der Waals surface area contributed by atoms with E-state index in [0.29, 0.717) is 12.2 Å². The molecule has 0 aliphatic rings. The van der Waals surface area contributed by atoms with Crippen molar-refractivity contribution in [2.75, 3.05) is 11.9 Å². The number of benzene rings is 2. The van der Waals surface area contributed by atoms with Crippen molar-refractivity contribution in [2.45, 2.75) is 0 Å². The topological polar surface area (TPSA) is 46.3 Å². The van der Waals surface area contributed by atoms with E-state index >= 15 is 0 Å². The molecule has 0 fully saturated rings. The maximum Gasteiger partial charge on any atom is 0.304 e. The number of carbonyl (C=O) groups is 1. The number of aromatic nitrogens is 1. The van der Waals surface area contributed by atoms with Crippen LogP contribution in [0, 0.1) is 0 Å². The zero-order valence-electron chi connectivity index (χ0n) is 11.6. The van der Waals surface area contributed by atoms with Crippen LogP contribution in [0.3, 0.4) is 0 Å². The molecule has 1 heterocycles. The average molecular weight is 278 g/mol. The van der Waals surface area contributed by atoms with Crippen molar-refractivity contribution in [1.82, 2.24) is 4.98 Å². The van der Waals surface area contributed by atoms with Gasteiger partial charge in [-0.25, -0.2) is 0 Å². The molecule has 0 N–H and O–H groups in total. The van der Waals surface area contributed by atoms with Gasteiger partial charge in [-0.15, -0.1) is 0 Å². The predicted molar refractivity (Wildman–Crippen MR) is 81.8 cm³/mol. The maximum absolute atomic E-state index is 10.9. The SMILES string of the molecule is CN(C=O)c1nc(-c2ccccc2)c(-c2ccccc2)o1. The van der Waals surface area contributed by atoms with Crippen molar-refractivity contribution in [1.29, 1.82) is 0 Å². The van der Waals surface area contributed by atoms with E-state index in [4.69, 9.17) is 4.42 Å². The molecule has 0 bridgehead atoms.